The van der Waals surface area contributed by atoms with E-state index in [1.54, 1.807) is 0 Å². The molecule has 3 unspecified atom stereocenters. The number of nitrogens with zero attached hydrogens (tertiary/aromatic N) is 1. The van der Waals surface area contributed by atoms with Crippen LogP contribution in [0.15, 0.2) is 72.9 Å². The second kappa shape index (κ2) is 8.56. The van der Waals surface area contributed by atoms with Crippen molar-refractivity contribution >= 4 is 10.9 Å². The van der Waals surface area contributed by atoms with Crippen molar-refractivity contribution in [1.82, 2.24) is 9.88 Å². The van der Waals surface area contributed by atoms with E-state index in [-0.39, 0.29) is 1.43 Å². The summed E-state index contributed by atoms with van der Waals surface area (Å²) >= 11 is 0. The Bertz CT molecular complexity index is 967. The maximum Gasteiger partial charge on any atom is 0.0717 e. The topological polar surface area (TPSA) is 28.3 Å². The Balaban J connectivity index is 0.00000218. The third-order valence-electron chi connectivity index (χ3n) is 6.66. The zero-order valence-corrected chi connectivity index (χ0v) is 17.0. The van der Waals surface area contributed by atoms with Crippen LogP contribution in [0.4, 0.5) is 0 Å². The van der Waals surface area contributed by atoms with Gasteiger partial charge in [-0.25, -0.2) is 0 Å². The maximum absolute atomic E-state index is 6.16. The Morgan fingerprint density at radius 2 is 1.93 bits per heavy atom. The Labute approximate surface area is 174 Å². The molecule has 3 aliphatic rings. The molecule has 0 amide bonds. The Morgan fingerprint density at radius 1 is 1.07 bits per heavy atom. The van der Waals surface area contributed by atoms with Gasteiger partial charge >= 0.3 is 0 Å². The minimum Gasteiger partial charge on any atom is -0.376 e. The normalized spacial score (nSPS) is 24.2. The van der Waals surface area contributed by atoms with E-state index in [2.05, 4.69) is 82.8 Å². The molecule has 2 bridgehead atoms. The first kappa shape index (κ1) is 18.7. The molecule has 1 saturated heterocycles. The standard InChI is InChI=1S/C26H30N2O.H2/c1-2-7-20(8-3-1)18-29-19-23-15-21-9-6-12-26(23)28(17-21)14-13-22-16-27-25-11-5-4-10-24(22)25;/h1-11,16,21,23,26-27H,12-15,17-19H2;1H. The molecule has 1 aromatic heterocycles. The number of aromatic nitrogens is 1. The minimum absolute atomic E-state index is 0. The van der Waals surface area contributed by atoms with Crippen LogP contribution >= 0.6 is 0 Å². The monoisotopic (exact) mass is 388 g/mol. The Hall–Kier alpha value is -2.36. The van der Waals surface area contributed by atoms with Crippen molar-refractivity contribution in [3.8, 4) is 0 Å². The van der Waals surface area contributed by atoms with Gasteiger partial charge in [0, 0.05) is 37.7 Å². The molecule has 3 atom stereocenters. The van der Waals surface area contributed by atoms with Crippen molar-refractivity contribution in [1.29, 1.82) is 0 Å². The van der Waals surface area contributed by atoms with Gasteiger partial charge in [0.25, 0.3) is 0 Å². The first-order valence-electron chi connectivity index (χ1n) is 10.9. The molecule has 2 aliphatic heterocycles. The number of para-hydroxylation sites is 1. The summed E-state index contributed by atoms with van der Waals surface area (Å²) in [4.78, 5) is 6.15. The van der Waals surface area contributed by atoms with Crippen molar-refractivity contribution in [2.75, 3.05) is 19.7 Å². The zero-order chi connectivity index (χ0) is 19.5. The summed E-state index contributed by atoms with van der Waals surface area (Å²) in [6, 6.07) is 19.8. The third-order valence-corrected chi connectivity index (χ3v) is 6.66. The fourth-order valence-corrected chi connectivity index (χ4v) is 5.19. The SMILES string of the molecule is C1=CC2CC(COCc3ccccc3)C(C1)N(CCc1c[nH]c3ccccc13)C2.[HH]. The van der Waals surface area contributed by atoms with Crippen molar-refractivity contribution in [2.45, 2.75) is 31.9 Å². The van der Waals surface area contributed by atoms with E-state index in [0.717, 1.165) is 32.6 Å². The smallest absolute Gasteiger partial charge is 0.0717 e. The largest absolute Gasteiger partial charge is 0.376 e. The second-order valence-corrected chi connectivity index (χ2v) is 8.59. The van der Waals surface area contributed by atoms with Crippen molar-refractivity contribution in [2.24, 2.45) is 11.8 Å². The molecule has 0 spiro atoms. The number of hydrogen-bond acceptors (Lipinski definition) is 2. The summed E-state index contributed by atoms with van der Waals surface area (Å²) in [6.07, 6.45) is 10.6. The maximum atomic E-state index is 6.16. The predicted molar refractivity (Wildman–Crippen MR) is 121 cm³/mol. The molecule has 3 heteroatoms. The lowest BCUT2D eigenvalue weighted by molar-refractivity contribution is 0.00699. The number of piperidine rings is 1. The molecule has 6 rings (SSSR count). The van der Waals surface area contributed by atoms with Crippen LogP contribution in [0, 0.1) is 11.8 Å². The van der Waals surface area contributed by atoms with Gasteiger partial charge < -0.3 is 9.72 Å². The van der Waals surface area contributed by atoms with Crippen LogP contribution < -0.4 is 0 Å². The molecular formula is C26H32N2O. The van der Waals surface area contributed by atoms with Crippen LogP contribution in [0.3, 0.4) is 0 Å². The number of ether oxygens (including phenoxy) is 1. The van der Waals surface area contributed by atoms with Crippen LogP contribution in [-0.4, -0.2) is 35.6 Å². The van der Waals surface area contributed by atoms with Crippen LogP contribution in [-0.2, 0) is 17.8 Å². The lowest BCUT2D eigenvalue weighted by Crippen LogP contribution is -2.49. The molecule has 1 aliphatic carbocycles. The lowest BCUT2D eigenvalue weighted by atomic mass is 9.84. The number of benzene rings is 2. The molecule has 3 aromatic rings. The molecule has 0 saturated carbocycles. The molecule has 3 nitrogen and oxygen atoms in total. The van der Waals surface area contributed by atoms with Gasteiger partial charge in [-0.2, -0.15) is 0 Å². The van der Waals surface area contributed by atoms with Gasteiger partial charge in [0.1, 0.15) is 0 Å². The van der Waals surface area contributed by atoms with Gasteiger partial charge in [0.2, 0.25) is 0 Å². The van der Waals surface area contributed by atoms with Gasteiger partial charge in [-0.3, -0.25) is 4.90 Å². The first-order valence-corrected chi connectivity index (χ1v) is 10.9. The van der Waals surface area contributed by atoms with Crippen LogP contribution in [0.25, 0.3) is 10.9 Å². The average molecular weight is 389 g/mol. The number of nitrogens with one attached hydrogen (secondary N) is 1. The zero-order valence-electron chi connectivity index (χ0n) is 17.0. The molecule has 1 N–H and O–H groups in total. The quantitative estimate of drug-likeness (QED) is 0.546. The van der Waals surface area contributed by atoms with Gasteiger partial charge in [0.15, 0.2) is 0 Å². The van der Waals surface area contributed by atoms with E-state index < -0.39 is 0 Å². The number of fused-ring (bicyclic) bond motifs is 4. The van der Waals surface area contributed by atoms with Crippen molar-refractivity contribution in [3.05, 3.63) is 84.1 Å². The molecule has 1 fully saturated rings. The number of hydrogen-bond donors (Lipinski definition) is 1. The van der Waals surface area contributed by atoms with E-state index >= 15 is 0 Å². The Morgan fingerprint density at radius 3 is 2.86 bits per heavy atom. The highest BCUT2D eigenvalue weighted by Crippen LogP contribution is 2.34. The Kier molecular flexibility index (Phi) is 5.51. The van der Waals surface area contributed by atoms with Gasteiger partial charge in [-0.05, 0) is 48.3 Å². The molecule has 0 radical (unpaired) electrons. The summed E-state index contributed by atoms with van der Waals surface area (Å²) in [7, 11) is 0. The van der Waals surface area contributed by atoms with Crippen LogP contribution in [0.5, 0.6) is 0 Å². The van der Waals surface area contributed by atoms with Crippen molar-refractivity contribution < 1.29 is 6.16 Å². The highest BCUT2D eigenvalue weighted by atomic mass is 16.5. The predicted octanol–water partition coefficient (Wildman–Crippen LogP) is 5.44. The van der Waals surface area contributed by atoms with Gasteiger partial charge in [-0.1, -0.05) is 60.7 Å². The van der Waals surface area contributed by atoms with Crippen LogP contribution in [0.1, 0.15) is 25.4 Å². The second-order valence-electron chi connectivity index (χ2n) is 8.59. The van der Waals surface area contributed by atoms with Crippen molar-refractivity contribution in [3.63, 3.8) is 0 Å². The fraction of sp³-hybridized carbons (Fsp3) is 0.385. The highest BCUT2D eigenvalue weighted by Gasteiger charge is 2.36. The van der Waals surface area contributed by atoms with Gasteiger partial charge in [0.05, 0.1) is 13.2 Å². The third kappa shape index (κ3) is 4.17. The number of aromatic amines is 1. The highest BCUT2D eigenvalue weighted by molar-refractivity contribution is 5.83. The molecule has 3 heterocycles. The van der Waals surface area contributed by atoms with Gasteiger partial charge in [-0.15, -0.1) is 0 Å². The van der Waals surface area contributed by atoms with E-state index in [1.807, 2.05) is 0 Å². The summed E-state index contributed by atoms with van der Waals surface area (Å²) in [5.74, 6) is 1.29. The molecule has 29 heavy (non-hydrogen) atoms. The van der Waals surface area contributed by atoms with E-state index in [4.69, 9.17) is 4.74 Å². The fourth-order valence-electron chi connectivity index (χ4n) is 5.19. The minimum atomic E-state index is 0. The lowest BCUT2D eigenvalue weighted by Gasteiger charge is -2.42. The molecule has 2 aromatic carbocycles. The summed E-state index contributed by atoms with van der Waals surface area (Å²) in [5.41, 5.74) is 3.94. The number of H-pyrrole nitrogens is 1. The molecular weight excluding hydrogens is 356 g/mol. The number of rotatable bonds is 7. The summed E-state index contributed by atoms with van der Waals surface area (Å²) in [6.45, 7) is 3.90. The molecule has 152 valence electrons. The first-order chi connectivity index (χ1) is 14.4. The van der Waals surface area contributed by atoms with Crippen LogP contribution in [0.2, 0.25) is 0 Å². The van der Waals surface area contributed by atoms with E-state index in [0.29, 0.717) is 17.9 Å². The average Bonchev–Trinajstić information content (AvgIpc) is 2.93. The van der Waals surface area contributed by atoms with E-state index in [9.17, 15) is 0 Å². The summed E-state index contributed by atoms with van der Waals surface area (Å²) in [5, 5.41) is 1.37. The summed E-state index contributed by atoms with van der Waals surface area (Å²) < 4.78 is 6.16. The van der Waals surface area contributed by atoms with E-state index in [1.165, 1.54) is 35.0 Å².